The minimum Gasteiger partial charge on any atom is -0.444 e. The van der Waals surface area contributed by atoms with Crippen LogP contribution in [0.15, 0.2) is 35.6 Å². The van der Waals surface area contributed by atoms with Crippen molar-refractivity contribution in [3.63, 3.8) is 0 Å². The summed E-state index contributed by atoms with van der Waals surface area (Å²) in [5, 5.41) is 10.0. The van der Waals surface area contributed by atoms with Crippen LogP contribution in [0.5, 0.6) is 0 Å². The van der Waals surface area contributed by atoms with Gasteiger partial charge in [0.1, 0.15) is 21.7 Å². The monoisotopic (exact) mass is 647 g/mol. The summed E-state index contributed by atoms with van der Waals surface area (Å²) in [4.78, 5) is 23.6. The van der Waals surface area contributed by atoms with E-state index in [1.807, 2.05) is 4.57 Å². The number of hydrogen-bond acceptors (Lipinski definition) is 6. The highest BCUT2D eigenvalue weighted by Crippen LogP contribution is 2.45. The van der Waals surface area contributed by atoms with Crippen LogP contribution >= 0.6 is 23.4 Å². The molecule has 0 N–H and O–H groups in total. The van der Waals surface area contributed by atoms with Crippen LogP contribution < -0.4 is 0 Å². The zero-order valence-corrected chi connectivity index (χ0v) is 26.3. The van der Waals surface area contributed by atoms with Crippen LogP contribution in [-0.2, 0) is 10.9 Å². The van der Waals surface area contributed by atoms with Crippen molar-refractivity contribution in [2.45, 2.75) is 75.8 Å². The van der Waals surface area contributed by atoms with Crippen LogP contribution in [0.3, 0.4) is 0 Å². The van der Waals surface area contributed by atoms with Gasteiger partial charge >= 0.3 is 12.3 Å². The highest BCUT2D eigenvalue weighted by Gasteiger charge is 2.38. The number of aromatic nitrogens is 3. The molecule has 0 saturated carbocycles. The van der Waals surface area contributed by atoms with Gasteiger partial charge in [-0.25, -0.2) is 19.2 Å². The summed E-state index contributed by atoms with van der Waals surface area (Å²) < 4.78 is 66.2. The number of piperidine rings is 1. The van der Waals surface area contributed by atoms with Gasteiger partial charge in [0, 0.05) is 29.6 Å². The molecule has 3 heterocycles. The highest BCUT2D eigenvalue weighted by atomic mass is 35.5. The molecule has 0 radical (unpaired) electrons. The first-order chi connectivity index (χ1) is 20.7. The summed E-state index contributed by atoms with van der Waals surface area (Å²) in [5.74, 6) is -0.962. The van der Waals surface area contributed by atoms with Crippen molar-refractivity contribution in [2.75, 3.05) is 12.8 Å². The summed E-state index contributed by atoms with van der Waals surface area (Å²) in [7, 11) is 0. The smallest absolute Gasteiger partial charge is 0.417 e. The number of rotatable bonds is 4. The van der Waals surface area contributed by atoms with E-state index in [-0.39, 0.29) is 39.7 Å². The van der Waals surface area contributed by atoms with Crippen LogP contribution in [0, 0.1) is 24.1 Å². The molecule has 1 saturated heterocycles. The Labute approximate surface area is 261 Å². The maximum atomic E-state index is 16.4. The average molecular weight is 648 g/mol. The first-order valence-electron chi connectivity index (χ1n) is 13.9. The number of imidazole rings is 1. The van der Waals surface area contributed by atoms with E-state index in [2.05, 4.69) is 16.0 Å². The summed E-state index contributed by atoms with van der Waals surface area (Å²) >= 11 is 7.84. The van der Waals surface area contributed by atoms with E-state index in [9.17, 15) is 23.2 Å². The number of hydrogen-bond donors (Lipinski definition) is 0. The summed E-state index contributed by atoms with van der Waals surface area (Å²) in [6.45, 7) is 6.96. The molecule has 2 atom stereocenters. The van der Waals surface area contributed by atoms with Gasteiger partial charge < -0.3 is 14.2 Å². The van der Waals surface area contributed by atoms with Gasteiger partial charge in [-0.2, -0.15) is 18.4 Å². The van der Waals surface area contributed by atoms with Crippen molar-refractivity contribution in [1.29, 1.82) is 5.26 Å². The Morgan fingerprint density at radius 3 is 2.61 bits per heavy atom. The number of amides is 1. The average Bonchev–Trinajstić information content (AvgIpc) is 3.37. The number of thioether (sulfide) groups is 1. The maximum Gasteiger partial charge on any atom is 0.417 e. The molecule has 2 aromatic carbocycles. The highest BCUT2D eigenvalue weighted by molar-refractivity contribution is 7.98. The van der Waals surface area contributed by atoms with Gasteiger partial charge in [-0.05, 0) is 64.0 Å². The predicted octanol–water partition coefficient (Wildman–Crippen LogP) is 8.95. The number of carbonyl (C=O) groups is 1. The number of likely N-dealkylation sites (tertiary alicyclic amines) is 1. The number of halogens is 5. The molecule has 1 fully saturated rings. The Morgan fingerprint density at radius 1 is 1.25 bits per heavy atom. The third kappa shape index (κ3) is 5.79. The number of fused-ring (bicyclic) bond motifs is 3. The minimum absolute atomic E-state index is 0.0542. The summed E-state index contributed by atoms with van der Waals surface area (Å²) in [5.41, 5.74) is -1.57. The summed E-state index contributed by atoms with van der Waals surface area (Å²) in [6.07, 6.45) is -0.873. The number of benzene rings is 2. The van der Waals surface area contributed by atoms with E-state index in [0.717, 1.165) is 0 Å². The maximum absolute atomic E-state index is 16.4. The number of aryl methyl sites for hydroxylation is 1. The molecule has 0 bridgehead atoms. The van der Waals surface area contributed by atoms with E-state index >= 15 is 4.39 Å². The number of carbonyl (C=O) groups excluding carboxylic acids is 1. The first-order valence-corrected chi connectivity index (χ1v) is 15.5. The van der Waals surface area contributed by atoms with Crippen LogP contribution in [0.25, 0.3) is 33.1 Å². The minimum atomic E-state index is -4.74. The van der Waals surface area contributed by atoms with Gasteiger partial charge in [-0.3, -0.25) is 0 Å². The van der Waals surface area contributed by atoms with Crippen molar-refractivity contribution in [3.05, 3.63) is 52.6 Å². The topological polar surface area (TPSA) is 84.0 Å². The number of nitrogens with zero attached hydrogens (tertiary/aromatic N) is 5. The molecule has 13 heteroatoms. The molecule has 0 spiro atoms. The van der Waals surface area contributed by atoms with Gasteiger partial charge in [0.2, 0.25) is 0 Å². The van der Waals surface area contributed by atoms with E-state index in [1.165, 1.54) is 43.0 Å². The Kier molecular flexibility index (Phi) is 8.50. The van der Waals surface area contributed by atoms with Crippen LogP contribution in [0.4, 0.5) is 22.4 Å². The molecule has 7 nitrogen and oxygen atoms in total. The Hall–Kier alpha value is -3.56. The van der Waals surface area contributed by atoms with E-state index < -0.39 is 35.3 Å². The second kappa shape index (κ2) is 11.7. The lowest BCUT2D eigenvalue weighted by molar-refractivity contribution is -0.137. The van der Waals surface area contributed by atoms with E-state index in [4.69, 9.17) is 16.3 Å². The van der Waals surface area contributed by atoms with Gasteiger partial charge in [0.05, 0.1) is 34.9 Å². The summed E-state index contributed by atoms with van der Waals surface area (Å²) in [6, 6.07) is 6.89. The van der Waals surface area contributed by atoms with Crippen molar-refractivity contribution < 1.29 is 27.1 Å². The van der Waals surface area contributed by atoms with Crippen LogP contribution in [-0.4, -0.2) is 50.0 Å². The number of ether oxygens (including phenoxy) is 1. The number of nitriles is 1. The molecule has 0 aliphatic carbocycles. The fourth-order valence-electron chi connectivity index (χ4n) is 5.90. The van der Waals surface area contributed by atoms with Crippen molar-refractivity contribution in [2.24, 2.45) is 0 Å². The Morgan fingerprint density at radius 2 is 1.98 bits per heavy atom. The molecule has 44 heavy (non-hydrogen) atoms. The van der Waals surface area contributed by atoms with Gasteiger partial charge in [0.25, 0.3) is 0 Å². The molecular weight excluding hydrogens is 618 g/mol. The normalized spacial score (nSPS) is 17.7. The Balaban J connectivity index is 1.66. The standard InChI is InChI=1S/C31H30ClF4N5O2S/c1-16-7-6-8-19(23(16)31(34,35)36)22-21(32)14-20-25(24(22)33)39-28(44-5)26-27(20)41(15-38-26)18-10-12-40(17(13-18)9-11-37)29(42)43-30(2,3)4/h6-8,14-15,17-18H,9-10,12-13H2,1-5H3/t17-,18+/m1/s1. The van der Waals surface area contributed by atoms with Gasteiger partial charge in [0.15, 0.2) is 5.82 Å². The SMILES string of the molecule is CSc1nc2c(F)c(-c3cccc(C)c3C(F)(F)F)c(Cl)cc2c2c1ncn2[C@H]1CCN(C(=O)OC(C)(C)C)[C@H](CC#N)C1. The third-order valence-electron chi connectivity index (χ3n) is 7.71. The van der Waals surface area contributed by atoms with Crippen molar-refractivity contribution in [1.82, 2.24) is 19.4 Å². The van der Waals surface area contributed by atoms with Crippen molar-refractivity contribution in [3.8, 4) is 17.2 Å². The van der Waals surface area contributed by atoms with E-state index in [1.54, 1.807) is 38.3 Å². The zero-order valence-electron chi connectivity index (χ0n) is 24.7. The molecule has 1 amide bonds. The van der Waals surface area contributed by atoms with Gasteiger partial charge in [-0.1, -0.05) is 29.8 Å². The lowest BCUT2D eigenvalue weighted by Gasteiger charge is -2.39. The lowest BCUT2D eigenvalue weighted by atomic mass is 9.93. The second-order valence-electron chi connectivity index (χ2n) is 11.8. The molecule has 232 valence electrons. The van der Waals surface area contributed by atoms with Crippen molar-refractivity contribution >= 4 is 51.4 Å². The fraction of sp³-hybridized carbons (Fsp3) is 0.419. The zero-order chi connectivity index (χ0) is 32.1. The molecule has 2 aromatic heterocycles. The van der Waals surface area contributed by atoms with E-state index in [0.29, 0.717) is 40.8 Å². The fourth-order valence-corrected chi connectivity index (χ4v) is 6.72. The van der Waals surface area contributed by atoms with Gasteiger partial charge in [-0.15, -0.1) is 11.8 Å². The number of pyridine rings is 1. The second-order valence-corrected chi connectivity index (χ2v) is 13.0. The molecule has 0 unspecified atom stereocenters. The van der Waals surface area contributed by atoms with Crippen LogP contribution in [0.1, 0.15) is 57.2 Å². The third-order valence-corrected chi connectivity index (χ3v) is 8.68. The first kappa shape index (κ1) is 31.9. The number of alkyl halides is 3. The predicted molar refractivity (Wildman–Crippen MR) is 162 cm³/mol. The molecule has 4 aromatic rings. The molecule has 1 aliphatic heterocycles. The lowest BCUT2D eigenvalue weighted by Crippen LogP contribution is -2.48. The largest absolute Gasteiger partial charge is 0.444 e. The van der Waals surface area contributed by atoms with Crippen LogP contribution in [0.2, 0.25) is 5.02 Å². The quantitative estimate of drug-likeness (QED) is 0.162. The molecule has 1 aliphatic rings. The molecule has 5 rings (SSSR count). The Bertz CT molecular complexity index is 1810. The molecular formula is C31H30ClF4N5O2S.